The minimum atomic E-state index is -0.0129. The second-order valence-corrected chi connectivity index (χ2v) is 6.11. The van der Waals surface area contributed by atoms with Crippen molar-refractivity contribution >= 4 is 35.8 Å². The van der Waals surface area contributed by atoms with Gasteiger partial charge in [0, 0.05) is 32.9 Å². The van der Waals surface area contributed by atoms with Gasteiger partial charge in [-0.25, -0.2) is 9.98 Å². The number of benzene rings is 1. The van der Waals surface area contributed by atoms with E-state index in [9.17, 15) is 4.79 Å². The van der Waals surface area contributed by atoms with Crippen LogP contribution in [-0.4, -0.2) is 48.9 Å². The van der Waals surface area contributed by atoms with Crippen LogP contribution in [-0.2, 0) is 17.9 Å². The molecule has 0 aliphatic heterocycles. The molecule has 2 rings (SSSR count). The summed E-state index contributed by atoms with van der Waals surface area (Å²) in [6.45, 7) is 3.81. The van der Waals surface area contributed by atoms with Gasteiger partial charge in [0.05, 0.1) is 13.1 Å². The topological polar surface area (TPSA) is 78.9 Å². The Morgan fingerprint density at radius 2 is 1.89 bits per heavy atom. The number of hydrogen-bond acceptors (Lipinski definition) is 4. The predicted octanol–water partition coefficient (Wildman–Crippen LogP) is 2.42. The first-order valence-corrected chi connectivity index (χ1v) is 8.92. The molecule has 0 saturated carbocycles. The maximum atomic E-state index is 11.7. The van der Waals surface area contributed by atoms with Gasteiger partial charge in [0.1, 0.15) is 6.61 Å². The Morgan fingerprint density at radius 3 is 2.57 bits per heavy atom. The maximum Gasteiger partial charge on any atom is 0.241 e. The summed E-state index contributed by atoms with van der Waals surface area (Å²) < 4.78 is 5.75. The van der Waals surface area contributed by atoms with Gasteiger partial charge in [-0.3, -0.25) is 4.79 Å². The summed E-state index contributed by atoms with van der Waals surface area (Å²) in [6, 6.07) is 13.7. The number of carbonyl (C=O) groups is 1. The molecular formula is C20H28IN5O2. The van der Waals surface area contributed by atoms with Crippen LogP contribution in [0, 0.1) is 0 Å². The van der Waals surface area contributed by atoms with Gasteiger partial charge in [0.25, 0.3) is 0 Å². The number of aliphatic imine (C=N–C) groups is 1. The molecule has 0 atom stereocenters. The van der Waals surface area contributed by atoms with E-state index in [0.717, 1.165) is 11.1 Å². The lowest BCUT2D eigenvalue weighted by Gasteiger charge is -2.14. The number of nitrogens with one attached hydrogen (secondary N) is 2. The Balaban J connectivity index is 0.00000392. The van der Waals surface area contributed by atoms with Gasteiger partial charge in [-0.2, -0.15) is 0 Å². The Hall–Kier alpha value is -2.36. The second kappa shape index (κ2) is 12.9. The Bertz CT molecular complexity index is 753. The molecule has 0 bridgehead atoms. The van der Waals surface area contributed by atoms with Gasteiger partial charge in [-0.15, -0.1) is 24.0 Å². The molecule has 28 heavy (non-hydrogen) atoms. The summed E-state index contributed by atoms with van der Waals surface area (Å²) >= 11 is 0. The van der Waals surface area contributed by atoms with E-state index in [0.29, 0.717) is 31.5 Å². The molecule has 2 aromatic rings. The predicted molar refractivity (Wildman–Crippen MR) is 122 cm³/mol. The lowest BCUT2D eigenvalue weighted by Crippen LogP contribution is -2.42. The number of halogens is 1. The number of ether oxygens (including phenoxy) is 1. The zero-order valence-electron chi connectivity index (χ0n) is 16.5. The molecule has 0 aliphatic carbocycles. The van der Waals surface area contributed by atoms with E-state index in [2.05, 4.69) is 20.6 Å². The summed E-state index contributed by atoms with van der Waals surface area (Å²) in [5, 5.41) is 6.16. The lowest BCUT2D eigenvalue weighted by atomic mass is 10.2. The van der Waals surface area contributed by atoms with E-state index < -0.39 is 0 Å². The quantitative estimate of drug-likeness (QED) is 0.333. The van der Waals surface area contributed by atoms with Gasteiger partial charge in [0.2, 0.25) is 11.8 Å². The van der Waals surface area contributed by atoms with Gasteiger partial charge in [0.15, 0.2) is 5.96 Å². The Morgan fingerprint density at radius 1 is 1.14 bits per heavy atom. The summed E-state index contributed by atoms with van der Waals surface area (Å²) in [5.41, 5.74) is 2.07. The Kier molecular flexibility index (Phi) is 10.9. The molecule has 1 amide bonds. The van der Waals surface area contributed by atoms with Crippen molar-refractivity contribution in [2.45, 2.75) is 20.1 Å². The zero-order valence-corrected chi connectivity index (χ0v) is 18.8. The number of guanidine groups is 1. The van der Waals surface area contributed by atoms with Crippen molar-refractivity contribution in [1.82, 2.24) is 20.5 Å². The molecule has 152 valence electrons. The number of nitrogens with zero attached hydrogens (tertiary/aromatic N) is 3. The van der Waals surface area contributed by atoms with E-state index in [-0.39, 0.29) is 36.4 Å². The average Bonchev–Trinajstić information content (AvgIpc) is 2.69. The second-order valence-electron chi connectivity index (χ2n) is 6.11. The van der Waals surface area contributed by atoms with Crippen molar-refractivity contribution in [3.63, 3.8) is 0 Å². The SMILES string of the molecule is CCNC(=NCc1ccnc(OCc2ccccc2)c1)NCC(=O)N(C)C.I. The minimum Gasteiger partial charge on any atom is -0.473 e. The van der Waals surface area contributed by atoms with Crippen LogP contribution in [0.15, 0.2) is 53.7 Å². The minimum absolute atomic E-state index is 0. The summed E-state index contributed by atoms with van der Waals surface area (Å²) in [6.07, 6.45) is 1.71. The molecule has 0 fully saturated rings. The number of hydrogen-bond donors (Lipinski definition) is 2. The van der Waals surface area contributed by atoms with Crippen molar-refractivity contribution in [3.05, 3.63) is 59.8 Å². The fraction of sp³-hybridized carbons (Fsp3) is 0.350. The molecule has 0 spiro atoms. The molecule has 0 aliphatic rings. The molecule has 8 heteroatoms. The number of carbonyl (C=O) groups excluding carboxylic acids is 1. The van der Waals surface area contributed by atoms with Gasteiger partial charge < -0.3 is 20.3 Å². The van der Waals surface area contributed by atoms with Crippen LogP contribution in [0.1, 0.15) is 18.1 Å². The van der Waals surface area contributed by atoms with Gasteiger partial charge in [-0.05, 0) is 24.1 Å². The first-order valence-electron chi connectivity index (χ1n) is 8.92. The maximum absolute atomic E-state index is 11.7. The largest absolute Gasteiger partial charge is 0.473 e. The lowest BCUT2D eigenvalue weighted by molar-refractivity contribution is -0.127. The summed E-state index contributed by atoms with van der Waals surface area (Å²) in [7, 11) is 3.45. The van der Waals surface area contributed by atoms with Crippen molar-refractivity contribution in [1.29, 1.82) is 0 Å². The number of amides is 1. The van der Waals surface area contributed by atoms with E-state index in [1.807, 2.05) is 49.4 Å². The van der Waals surface area contributed by atoms with E-state index >= 15 is 0 Å². The smallest absolute Gasteiger partial charge is 0.241 e. The number of aromatic nitrogens is 1. The third kappa shape index (κ3) is 8.55. The molecule has 1 heterocycles. The molecular weight excluding hydrogens is 469 g/mol. The molecule has 1 aromatic carbocycles. The summed E-state index contributed by atoms with van der Waals surface area (Å²) in [5.74, 6) is 1.14. The molecule has 2 N–H and O–H groups in total. The number of pyridine rings is 1. The van der Waals surface area contributed by atoms with Crippen LogP contribution >= 0.6 is 24.0 Å². The van der Waals surface area contributed by atoms with Crippen LogP contribution < -0.4 is 15.4 Å². The Labute approximate surface area is 183 Å². The number of likely N-dealkylation sites (N-methyl/N-ethyl adjacent to an activating group) is 1. The fourth-order valence-corrected chi connectivity index (χ4v) is 2.19. The first-order chi connectivity index (χ1) is 13.1. The highest BCUT2D eigenvalue weighted by Gasteiger charge is 2.05. The molecule has 0 saturated heterocycles. The van der Waals surface area contributed by atoms with Crippen molar-refractivity contribution in [3.8, 4) is 5.88 Å². The molecule has 0 unspecified atom stereocenters. The van der Waals surface area contributed by atoms with Crippen LogP contribution in [0.3, 0.4) is 0 Å². The molecule has 7 nitrogen and oxygen atoms in total. The normalized spacial score (nSPS) is 10.6. The third-order valence-electron chi connectivity index (χ3n) is 3.70. The van der Waals surface area contributed by atoms with Gasteiger partial charge >= 0.3 is 0 Å². The van der Waals surface area contributed by atoms with E-state index in [1.165, 1.54) is 4.90 Å². The van der Waals surface area contributed by atoms with Crippen molar-refractivity contribution in [2.75, 3.05) is 27.2 Å². The summed E-state index contributed by atoms with van der Waals surface area (Å²) in [4.78, 5) is 22.0. The monoisotopic (exact) mass is 497 g/mol. The van der Waals surface area contributed by atoms with Crippen molar-refractivity contribution in [2.24, 2.45) is 4.99 Å². The first kappa shape index (κ1) is 23.7. The molecule has 1 aromatic heterocycles. The van der Waals surface area contributed by atoms with Gasteiger partial charge in [-0.1, -0.05) is 30.3 Å². The van der Waals surface area contributed by atoms with Crippen LogP contribution in [0.5, 0.6) is 5.88 Å². The number of rotatable bonds is 8. The molecule has 0 radical (unpaired) electrons. The van der Waals surface area contributed by atoms with Crippen LogP contribution in [0.25, 0.3) is 0 Å². The average molecular weight is 497 g/mol. The highest BCUT2D eigenvalue weighted by Crippen LogP contribution is 2.12. The van der Waals surface area contributed by atoms with E-state index in [1.54, 1.807) is 20.3 Å². The highest BCUT2D eigenvalue weighted by atomic mass is 127. The van der Waals surface area contributed by atoms with Crippen LogP contribution in [0.4, 0.5) is 0 Å². The third-order valence-corrected chi connectivity index (χ3v) is 3.70. The highest BCUT2D eigenvalue weighted by molar-refractivity contribution is 14.0. The van der Waals surface area contributed by atoms with Crippen molar-refractivity contribution < 1.29 is 9.53 Å². The van der Waals surface area contributed by atoms with E-state index in [4.69, 9.17) is 4.74 Å². The standard InChI is InChI=1S/C20H27N5O2.HI/c1-4-21-20(24-14-19(26)25(2)3)23-13-17-10-11-22-18(12-17)27-15-16-8-6-5-7-9-16;/h5-12H,4,13-15H2,1-3H3,(H2,21,23,24);1H. The van der Waals surface area contributed by atoms with Crippen LogP contribution in [0.2, 0.25) is 0 Å². The fourth-order valence-electron chi connectivity index (χ4n) is 2.19. The zero-order chi connectivity index (χ0) is 19.5.